The molecule has 1 saturated carbocycles. The van der Waals surface area contributed by atoms with Crippen molar-refractivity contribution in [2.75, 3.05) is 13.2 Å². The molecule has 1 aliphatic heterocycles. The van der Waals surface area contributed by atoms with E-state index in [9.17, 15) is 4.79 Å². The van der Waals surface area contributed by atoms with Crippen molar-refractivity contribution in [3.63, 3.8) is 0 Å². The lowest BCUT2D eigenvalue weighted by molar-refractivity contribution is -0.0608. The van der Waals surface area contributed by atoms with Gasteiger partial charge in [-0.15, -0.1) is 0 Å². The van der Waals surface area contributed by atoms with E-state index >= 15 is 0 Å². The zero-order valence-electron chi connectivity index (χ0n) is 15.2. The van der Waals surface area contributed by atoms with Gasteiger partial charge in [0.25, 0.3) is 5.91 Å². The second kappa shape index (κ2) is 7.25. The van der Waals surface area contributed by atoms with Crippen molar-refractivity contribution in [2.24, 2.45) is 0 Å². The van der Waals surface area contributed by atoms with Crippen LogP contribution in [0, 0.1) is 13.8 Å². The first kappa shape index (κ1) is 17.3. The highest BCUT2D eigenvalue weighted by Crippen LogP contribution is 2.36. The predicted molar refractivity (Wildman–Crippen MR) is 93.9 cm³/mol. The summed E-state index contributed by atoms with van der Waals surface area (Å²) in [7, 11) is 0. The van der Waals surface area contributed by atoms with Gasteiger partial charge < -0.3 is 23.9 Å². The van der Waals surface area contributed by atoms with E-state index in [0.29, 0.717) is 31.6 Å². The minimum atomic E-state index is -0.167. The van der Waals surface area contributed by atoms with Crippen molar-refractivity contribution < 1.29 is 18.8 Å². The molecule has 1 saturated heterocycles. The molecule has 0 bridgehead atoms. The summed E-state index contributed by atoms with van der Waals surface area (Å²) < 4.78 is 18.9. The van der Waals surface area contributed by atoms with E-state index in [0.717, 1.165) is 36.3 Å². The Hall–Kier alpha value is -2.12. The Labute approximate surface area is 152 Å². The normalized spacial score (nSPS) is 23.2. The monoisotopic (exact) mass is 359 g/mol. The van der Waals surface area contributed by atoms with E-state index < -0.39 is 0 Å². The fourth-order valence-electron chi connectivity index (χ4n) is 3.45. The van der Waals surface area contributed by atoms with Crippen molar-refractivity contribution in [1.82, 2.24) is 15.0 Å². The summed E-state index contributed by atoms with van der Waals surface area (Å²) in [6.45, 7) is 5.31. The van der Waals surface area contributed by atoms with Crippen molar-refractivity contribution in [3.8, 4) is 0 Å². The predicted octanol–water partition coefficient (Wildman–Crippen LogP) is 2.53. The molecule has 2 aromatic heterocycles. The quantitative estimate of drug-likeness (QED) is 0.857. The largest absolute Gasteiger partial charge is 0.379 e. The van der Waals surface area contributed by atoms with Crippen molar-refractivity contribution in [1.29, 1.82) is 0 Å². The molecule has 0 unspecified atom stereocenters. The van der Waals surface area contributed by atoms with Gasteiger partial charge >= 0.3 is 0 Å². The number of carbonyl (C=O) groups is 1. The molecule has 1 aliphatic carbocycles. The number of aryl methyl sites for hydroxylation is 2. The second-order valence-electron chi connectivity index (χ2n) is 7.13. The molecule has 0 radical (unpaired) electrons. The highest BCUT2D eigenvalue weighted by atomic mass is 16.5. The van der Waals surface area contributed by atoms with E-state index in [1.807, 2.05) is 32.2 Å². The van der Waals surface area contributed by atoms with Crippen LogP contribution < -0.4 is 5.32 Å². The standard InChI is InChI=1S/C19H25N3O4/c1-12-15(13(2)26-21-12)10-25-18-7-9-24-11-16(18)20-19(23)17-4-3-8-22(17)14-5-6-14/h3-4,8,14,16,18H,5-7,9-11H2,1-2H3,(H,20,23)/t16-,18+/m0/s1. The molecule has 140 valence electrons. The van der Waals surface area contributed by atoms with E-state index in [1.54, 1.807) is 0 Å². The minimum Gasteiger partial charge on any atom is -0.379 e. The van der Waals surface area contributed by atoms with Gasteiger partial charge in [0.05, 0.1) is 31.1 Å². The van der Waals surface area contributed by atoms with Crippen molar-refractivity contribution in [3.05, 3.63) is 41.0 Å². The number of nitrogens with zero attached hydrogens (tertiary/aromatic N) is 2. The first-order valence-corrected chi connectivity index (χ1v) is 9.22. The fraction of sp³-hybridized carbons (Fsp3) is 0.579. The molecule has 0 aromatic carbocycles. The highest BCUT2D eigenvalue weighted by molar-refractivity contribution is 5.93. The number of amides is 1. The zero-order valence-corrected chi connectivity index (χ0v) is 15.2. The SMILES string of the molecule is Cc1noc(C)c1CO[C@@H]1CCOC[C@@H]1NC(=O)c1cccn1C1CC1. The molecule has 26 heavy (non-hydrogen) atoms. The van der Waals surface area contributed by atoms with Crippen molar-refractivity contribution in [2.45, 2.75) is 57.9 Å². The maximum atomic E-state index is 12.7. The van der Waals surface area contributed by atoms with E-state index in [2.05, 4.69) is 15.0 Å². The fourth-order valence-corrected chi connectivity index (χ4v) is 3.45. The molecule has 3 heterocycles. The van der Waals surface area contributed by atoms with Gasteiger partial charge in [0.15, 0.2) is 0 Å². The molecule has 7 nitrogen and oxygen atoms in total. The summed E-state index contributed by atoms with van der Waals surface area (Å²) >= 11 is 0. The lowest BCUT2D eigenvalue weighted by Crippen LogP contribution is -2.50. The molecule has 4 rings (SSSR count). The van der Waals surface area contributed by atoms with Crippen LogP contribution in [-0.4, -0.2) is 41.0 Å². The summed E-state index contributed by atoms with van der Waals surface area (Å²) in [6.07, 6.45) is 4.92. The number of nitrogens with one attached hydrogen (secondary N) is 1. The van der Waals surface area contributed by atoms with Crippen LogP contribution in [0.3, 0.4) is 0 Å². The Balaban J connectivity index is 1.40. The van der Waals surface area contributed by atoms with Crippen LogP contribution in [-0.2, 0) is 16.1 Å². The molecule has 1 N–H and O–H groups in total. The molecular weight excluding hydrogens is 334 g/mol. The molecule has 2 aromatic rings. The highest BCUT2D eigenvalue weighted by Gasteiger charge is 2.31. The number of rotatable bonds is 6. The van der Waals surface area contributed by atoms with Crippen LogP contribution >= 0.6 is 0 Å². The van der Waals surface area contributed by atoms with E-state index in [4.69, 9.17) is 14.0 Å². The Morgan fingerprint density at radius 1 is 1.38 bits per heavy atom. The molecule has 2 aliphatic rings. The summed E-state index contributed by atoms with van der Waals surface area (Å²) in [5, 5.41) is 7.07. The van der Waals surface area contributed by atoms with Gasteiger partial charge in [0.1, 0.15) is 11.5 Å². The third kappa shape index (κ3) is 3.54. The van der Waals surface area contributed by atoms with Crippen LogP contribution in [0.25, 0.3) is 0 Å². The molecular formula is C19H25N3O4. The smallest absolute Gasteiger partial charge is 0.268 e. The Kier molecular flexibility index (Phi) is 4.82. The van der Waals surface area contributed by atoms with E-state index in [1.165, 1.54) is 0 Å². The van der Waals surface area contributed by atoms with Gasteiger partial charge in [0, 0.05) is 24.4 Å². The second-order valence-corrected chi connectivity index (χ2v) is 7.13. The molecule has 7 heteroatoms. The Morgan fingerprint density at radius 2 is 2.23 bits per heavy atom. The summed E-state index contributed by atoms with van der Waals surface area (Å²) in [5.74, 6) is 0.709. The lowest BCUT2D eigenvalue weighted by Gasteiger charge is -2.32. The van der Waals surface area contributed by atoms with Crippen molar-refractivity contribution >= 4 is 5.91 Å². The molecule has 0 spiro atoms. The van der Waals surface area contributed by atoms with Gasteiger partial charge in [-0.1, -0.05) is 5.16 Å². The number of hydrogen-bond donors (Lipinski definition) is 1. The van der Waals surface area contributed by atoms with Gasteiger partial charge in [-0.05, 0) is 45.2 Å². The van der Waals surface area contributed by atoms with Gasteiger partial charge in [0.2, 0.25) is 0 Å². The summed E-state index contributed by atoms with van der Waals surface area (Å²) in [6, 6.07) is 4.10. The minimum absolute atomic E-state index is 0.0664. The van der Waals surface area contributed by atoms with Crippen LogP contribution in [0.4, 0.5) is 0 Å². The number of ether oxygens (including phenoxy) is 2. The number of carbonyl (C=O) groups excluding carboxylic acids is 1. The van der Waals surface area contributed by atoms with Gasteiger partial charge in [-0.25, -0.2) is 0 Å². The topological polar surface area (TPSA) is 78.5 Å². The summed E-state index contributed by atoms with van der Waals surface area (Å²) in [4.78, 5) is 12.7. The maximum Gasteiger partial charge on any atom is 0.268 e. The Morgan fingerprint density at radius 3 is 2.96 bits per heavy atom. The number of aromatic nitrogens is 2. The molecule has 2 fully saturated rings. The van der Waals surface area contributed by atoms with Gasteiger partial charge in [-0.3, -0.25) is 4.79 Å². The van der Waals surface area contributed by atoms with Crippen LogP contribution in [0.15, 0.2) is 22.9 Å². The Bertz CT molecular complexity index is 758. The number of hydrogen-bond acceptors (Lipinski definition) is 5. The summed E-state index contributed by atoms with van der Waals surface area (Å²) in [5.41, 5.74) is 2.53. The first-order valence-electron chi connectivity index (χ1n) is 9.22. The lowest BCUT2D eigenvalue weighted by atomic mass is 10.1. The van der Waals surface area contributed by atoms with Crippen LogP contribution in [0.2, 0.25) is 0 Å². The average Bonchev–Trinajstić information content (AvgIpc) is 3.28. The first-order chi connectivity index (χ1) is 12.6. The molecule has 1 amide bonds. The van der Waals surface area contributed by atoms with Crippen LogP contribution in [0.5, 0.6) is 0 Å². The van der Waals surface area contributed by atoms with Crippen LogP contribution in [0.1, 0.15) is 52.8 Å². The van der Waals surface area contributed by atoms with E-state index in [-0.39, 0.29) is 18.1 Å². The third-order valence-corrected chi connectivity index (χ3v) is 5.18. The zero-order chi connectivity index (χ0) is 18.1. The third-order valence-electron chi connectivity index (χ3n) is 5.18. The molecule has 2 atom stereocenters. The maximum absolute atomic E-state index is 12.7. The van der Waals surface area contributed by atoms with Gasteiger partial charge in [-0.2, -0.15) is 0 Å². The average molecular weight is 359 g/mol.